The van der Waals surface area contributed by atoms with Crippen LogP contribution in [0.1, 0.15) is 22.6 Å². The van der Waals surface area contributed by atoms with Gasteiger partial charge >= 0.3 is 6.18 Å². The van der Waals surface area contributed by atoms with E-state index in [1.165, 1.54) is 23.9 Å². The van der Waals surface area contributed by atoms with Crippen LogP contribution in [0.5, 0.6) is 11.5 Å². The van der Waals surface area contributed by atoms with Crippen molar-refractivity contribution in [1.82, 2.24) is 19.4 Å². The Balaban J connectivity index is 1.51. The van der Waals surface area contributed by atoms with Gasteiger partial charge in [-0.25, -0.2) is 15.0 Å². The van der Waals surface area contributed by atoms with Gasteiger partial charge in [0.1, 0.15) is 0 Å². The molecule has 0 bridgehead atoms. The second kappa shape index (κ2) is 6.76. The second-order valence-electron chi connectivity index (χ2n) is 6.96. The fourth-order valence-corrected chi connectivity index (χ4v) is 4.23. The van der Waals surface area contributed by atoms with E-state index in [4.69, 9.17) is 9.47 Å². The quantitative estimate of drug-likeness (QED) is 0.428. The summed E-state index contributed by atoms with van der Waals surface area (Å²) in [5.41, 5.74) is 2.01. The molecular weight excluding hydrogens is 417 g/mol. The molecule has 1 aliphatic rings. The molecule has 4 heterocycles. The molecule has 0 saturated carbocycles. The van der Waals surface area contributed by atoms with E-state index in [1.54, 1.807) is 0 Å². The molecule has 30 heavy (non-hydrogen) atoms. The lowest BCUT2D eigenvalue weighted by molar-refractivity contribution is -0.136. The van der Waals surface area contributed by atoms with Gasteiger partial charge in [-0.15, -0.1) is 0 Å². The highest BCUT2D eigenvalue weighted by molar-refractivity contribution is 7.98. The third-order valence-corrected chi connectivity index (χ3v) is 5.71. The minimum atomic E-state index is -4.52. The van der Waals surface area contributed by atoms with E-state index in [0.717, 1.165) is 17.5 Å². The number of thioether (sulfide) groups is 1. The first-order valence-corrected chi connectivity index (χ1v) is 10.0. The van der Waals surface area contributed by atoms with E-state index in [1.807, 2.05) is 30.5 Å². The van der Waals surface area contributed by atoms with Crippen molar-refractivity contribution < 1.29 is 22.6 Å². The number of rotatable bonds is 3. The molecule has 10 heteroatoms. The number of hydrogen-bond donors (Lipinski definition) is 0. The average Bonchev–Trinajstić information content (AvgIpc) is 3.29. The molecule has 0 N–H and O–H groups in total. The van der Waals surface area contributed by atoms with Gasteiger partial charge in [0.05, 0.1) is 21.8 Å². The van der Waals surface area contributed by atoms with Gasteiger partial charge in [-0.1, -0.05) is 11.8 Å². The molecule has 4 aromatic rings. The van der Waals surface area contributed by atoms with Gasteiger partial charge in [0.25, 0.3) is 0 Å². The number of alkyl halides is 3. The number of nitrogens with zero attached hydrogens (tertiary/aromatic N) is 4. The largest absolute Gasteiger partial charge is 0.454 e. The van der Waals surface area contributed by atoms with Crippen LogP contribution in [-0.4, -0.2) is 26.1 Å². The molecule has 0 radical (unpaired) electrons. The first-order valence-electron chi connectivity index (χ1n) is 9.04. The van der Waals surface area contributed by atoms with Gasteiger partial charge in [0.2, 0.25) is 12.6 Å². The number of fused-ring (bicyclic) bond motifs is 3. The van der Waals surface area contributed by atoms with Crippen LogP contribution in [0, 0.1) is 13.8 Å². The average molecular weight is 432 g/mol. The van der Waals surface area contributed by atoms with Crippen molar-refractivity contribution in [3.05, 3.63) is 53.1 Å². The molecule has 0 amide bonds. The molecule has 6 nitrogen and oxygen atoms in total. The minimum absolute atomic E-state index is 0.0147. The Morgan fingerprint density at radius 2 is 1.80 bits per heavy atom. The number of ether oxygens (including phenoxy) is 2. The molecule has 0 atom stereocenters. The van der Waals surface area contributed by atoms with Crippen LogP contribution >= 0.6 is 11.8 Å². The summed E-state index contributed by atoms with van der Waals surface area (Å²) in [6.45, 7) is 3.82. The molecule has 5 rings (SSSR count). The van der Waals surface area contributed by atoms with Crippen LogP contribution in [0.15, 0.2) is 35.5 Å². The molecule has 0 fully saturated rings. The van der Waals surface area contributed by atoms with Crippen LogP contribution in [0.2, 0.25) is 0 Å². The smallest absolute Gasteiger partial charge is 0.417 e. The summed E-state index contributed by atoms with van der Waals surface area (Å²) in [5, 5.41) is 0.241. The summed E-state index contributed by atoms with van der Waals surface area (Å²) < 4.78 is 53.5. The summed E-state index contributed by atoms with van der Waals surface area (Å²) in [6.07, 6.45) is -2.68. The highest BCUT2D eigenvalue weighted by atomic mass is 32.2. The van der Waals surface area contributed by atoms with Gasteiger partial charge in [0, 0.05) is 34.8 Å². The summed E-state index contributed by atoms with van der Waals surface area (Å²) in [6, 6.07) is 5.83. The summed E-state index contributed by atoms with van der Waals surface area (Å²) >= 11 is 1.19. The molecular formula is C20H15F3N4O2S. The normalized spacial score (nSPS) is 13.5. The fourth-order valence-electron chi connectivity index (χ4n) is 3.44. The van der Waals surface area contributed by atoms with E-state index in [-0.39, 0.29) is 28.5 Å². The monoisotopic (exact) mass is 432 g/mol. The van der Waals surface area contributed by atoms with E-state index in [0.29, 0.717) is 23.0 Å². The van der Waals surface area contributed by atoms with Crippen LogP contribution in [-0.2, 0) is 11.9 Å². The number of imidazole rings is 1. The molecule has 3 aromatic heterocycles. The van der Waals surface area contributed by atoms with Crippen molar-refractivity contribution in [1.29, 1.82) is 0 Å². The van der Waals surface area contributed by atoms with Gasteiger partial charge in [-0.05, 0) is 32.0 Å². The highest BCUT2D eigenvalue weighted by Gasteiger charge is 2.34. The Bertz CT molecular complexity index is 1300. The Labute approximate surface area is 173 Å². The lowest BCUT2D eigenvalue weighted by Gasteiger charge is -2.12. The maximum absolute atomic E-state index is 13.7. The highest BCUT2D eigenvalue weighted by Crippen LogP contribution is 2.42. The third kappa shape index (κ3) is 3.30. The molecule has 154 valence electrons. The third-order valence-electron chi connectivity index (χ3n) is 4.76. The Kier molecular flexibility index (Phi) is 4.28. The van der Waals surface area contributed by atoms with Crippen molar-refractivity contribution in [2.24, 2.45) is 0 Å². The lowest BCUT2D eigenvalue weighted by atomic mass is 10.1. The van der Waals surface area contributed by atoms with E-state index >= 15 is 0 Å². The zero-order valence-corrected chi connectivity index (χ0v) is 16.8. The van der Waals surface area contributed by atoms with E-state index in [2.05, 4.69) is 15.0 Å². The molecule has 0 aliphatic carbocycles. The summed E-state index contributed by atoms with van der Waals surface area (Å²) in [7, 11) is 0. The molecule has 0 spiro atoms. The zero-order chi connectivity index (χ0) is 21.0. The predicted molar refractivity (Wildman–Crippen MR) is 105 cm³/mol. The summed E-state index contributed by atoms with van der Waals surface area (Å²) in [4.78, 5) is 13.3. The van der Waals surface area contributed by atoms with Crippen LogP contribution in [0.3, 0.4) is 0 Å². The number of halogens is 3. The van der Waals surface area contributed by atoms with Crippen molar-refractivity contribution >= 4 is 28.4 Å². The van der Waals surface area contributed by atoms with Crippen molar-refractivity contribution in [2.45, 2.75) is 30.8 Å². The number of aryl methyl sites for hydroxylation is 2. The van der Waals surface area contributed by atoms with Gasteiger partial charge in [0.15, 0.2) is 11.5 Å². The first-order chi connectivity index (χ1) is 14.3. The van der Waals surface area contributed by atoms with Crippen molar-refractivity contribution in [2.75, 3.05) is 6.79 Å². The first kappa shape index (κ1) is 19.0. The van der Waals surface area contributed by atoms with Crippen molar-refractivity contribution in [3.63, 3.8) is 0 Å². The molecule has 1 aromatic carbocycles. The number of pyridine rings is 1. The van der Waals surface area contributed by atoms with Crippen LogP contribution in [0.25, 0.3) is 16.7 Å². The zero-order valence-electron chi connectivity index (χ0n) is 15.9. The van der Waals surface area contributed by atoms with Crippen LogP contribution in [0.4, 0.5) is 13.2 Å². The molecule has 0 unspecified atom stereocenters. The maximum Gasteiger partial charge on any atom is 0.417 e. The number of benzene rings is 1. The lowest BCUT2D eigenvalue weighted by Crippen LogP contribution is -2.07. The van der Waals surface area contributed by atoms with E-state index < -0.39 is 11.7 Å². The van der Waals surface area contributed by atoms with Gasteiger partial charge < -0.3 is 9.47 Å². The standard InChI is InChI=1S/C20H15F3N4O2S/c1-10-3-11(2)27-7-12(25-19(27)24-10)8-30-18-5-14(20(21,22)23)13-4-16-17(29-9-28-16)6-15(13)26-18/h3-7H,8-9H2,1-2H3. The van der Waals surface area contributed by atoms with Crippen LogP contribution < -0.4 is 9.47 Å². The van der Waals surface area contributed by atoms with Crippen molar-refractivity contribution in [3.8, 4) is 11.5 Å². The SMILES string of the molecule is Cc1cc(C)n2cc(CSc3cc(C(F)(F)F)c4cc5c(cc4n3)OCO5)nc2n1. The molecule has 0 saturated heterocycles. The molecule has 1 aliphatic heterocycles. The van der Waals surface area contributed by atoms with E-state index in [9.17, 15) is 13.2 Å². The number of hydrogen-bond acceptors (Lipinski definition) is 6. The minimum Gasteiger partial charge on any atom is -0.454 e. The second-order valence-corrected chi connectivity index (χ2v) is 7.95. The topological polar surface area (TPSA) is 61.5 Å². The number of aromatic nitrogens is 4. The predicted octanol–water partition coefficient (Wildman–Crippen LogP) is 4.93. The summed E-state index contributed by atoms with van der Waals surface area (Å²) in [5.74, 6) is 1.61. The van der Waals surface area contributed by atoms with Gasteiger partial charge in [-0.3, -0.25) is 4.40 Å². The Morgan fingerprint density at radius 1 is 1.03 bits per heavy atom. The van der Waals surface area contributed by atoms with Gasteiger partial charge in [-0.2, -0.15) is 13.2 Å². The fraction of sp³-hybridized carbons (Fsp3) is 0.250. The maximum atomic E-state index is 13.7. The Morgan fingerprint density at radius 3 is 2.57 bits per heavy atom. The Hall–Kier alpha value is -3.01.